The summed E-state index contributed by atoms with van der Waals surface area (Å²) in [7, 11) is 0. The largest absolute Gasteiger partial charge is 0.314 e. The van der Waals surface area contributed by atoms with E-state index in [1.54, 1.807) is 12.3 Å². The predicted molar refractivity (Wildman–Crippen MR) is 68.4 cm³/mol. The van der Waals surface area contributed by atoms with Crippen LogP contribution in [-0.4, -0.2) is 29.5 Å². The fourth-order valence-corrected chi connectivity index (χ4v) is 2.44. The first kappa shape index (κ1) is 13.2. The summed E-state index contributed by atoms with van der Waals surface area (Å²) < 4.78 is 27.7. The number of nitrogens with zero attached hydrogens (tertiary/aromatic N) is 1. The van der Waals surface area contributed by atoms with Crippen LogP contribution in [0.3, 0.4) is 0 Å². The van der Waals surface area contributed by atoms with Crippen LogP contribution in [0.5, 0.6) is 0 Å². The van der Waals surface area contributed by atoms with Gasteiger partial charge in [0.15, 0.2) is 0 Å². The number of nitrogens with one attached hydrogen (secondary N) is 2. The van der Waals surface area contributed by atoms with E-state index in [2.05, 4.69) is 15.5 Å². The van der Waals surface area contributed by atoms with Gasteiger partial charge in [-0.1, -0.05) is 0 Å². The molecular formula is C12H14ClF2N3. The third kappa shape index (κ3) is 2.20. The van der Waals surface area contributed by atoms with Crippen LogP contribution in [0.25, 0.3) is 10.9 Å². The van der Waals surface area contributed by atoms with E-state index < -0.39 is 6.17 Å². The first-order valence-corrected chi connectivity index (χ1v) is 5.73. The number of hydrogen-bond acceptors (Lipinski definition) is 2. The van der Waals surface area contributed by atoms with Gasteiger partial charge in [-0.15, -0.1) is 12.4 Å². The summed E-state index contributed by atoms with van der Waals surface area (Å²) in [6.45, 7) is 1.02. The van der Waals surface area contributed by atoms with E-state index in [9.17, 15) is 8.78 Å². The topological polar surface area (TPSA) is 40.7 Å². The Kier molecular flexibility index (Phi) is 3.82. The second-order valence-corrected chi connectivity index (χ2v) is 4.45. The molecular weight excluding hydrogens is 260 g/mol. The molecule has 3 nitrogen and oxygen atoms in total. The zero-order valence-corrected chi connectivity index (χ0v) is 10.4. The Hall–Kier alpha value is -1.20. The lowest BCUT2D eigenvalue weighted by Crippen LogP contribution is -2.37. The zero-order chi connectivity index (χ0) is 11.8. The molecule has 6 heteroatoms. The Morgan fingerprint density at radius 1 is 1.33 bits per heavy atom. The van der Waals surface area contributed by atoms with Crippen molar-refractivity contribution < 1.29 is 8.78 Å². The highest BCUT2D eigenvalue weighted by Gasteiger charge is 2.28. The number of H-pyrrole nitrogens is 1. The minimum atomic E-state index is -1.03. The molecule has 2 atom stereocenters. The van der Waals surface area contributed by atoms with E-state index in [1.165, 1.54) is 6.07 Å². The number of aromatic nitrogens is 2. The molecule has 1 aromatic carbocycles. The zero-order valence-electron chi connectivity index (χ0n) is 9.62. The van der Waals surface area contributed by atoms with Gasteiger partial charge in [-0.25, -0.2) is 8.78 Å². The van der Waals surface area contributed by atoms with Crippen LogP contribution in [0.2, 0.25) is 0 Å². The summed E-state index contributed by atoms with van der Waals surface area (Å²) in [5.41, 5.74) is 1.21. The Morgan fingerprint density at radius 3 is 2.94 bits per heavy atom. The van der Waals surface area contributed by atoms with Crippen LogP contribution in [0.1, 0.15) is 17.9 Å². The predicted octanol–water partition coefficient (Wildman–Crippen LogP) is 2.54. The van der Waals surface area contributed by atoms with Gasteiger partial charge in [0, 0.05) is 17.8 Å². The molecule has 1 saturated heterocycles. The average Bonchev–Trinajstić information content (AvgIpc) is 2.76. The molecule has 0 bridgehead atoms. The first-order valence-electron chi connectivity index (χ1n) is 5.73. The van der Waals surface area contributed by atoms with E-state index in [4.69, 9.17) is 0 Å². The third-order valence-electron chi connectivity index (χ3n) is 3.37. The molecule has 1 fully saturated rings. The molecule has 0 aliphatic carbocycles. The number of benzene rings is 1. The summed E-state index contributed by atoms with van der Waals surface area (Å²) in [4.78, 5) is 0. The van der Waals surface area contributed by atoms with Gasteiger partial charge < -0.3 is 5.32 Å². The number of alkyl halides is 1. The maximum atomic E-state index is 13.9. The number of halogens is 3. The van der Waals surface area contributed by atoms with Gasteiger partial charge in [0.05, 0.1) is 11.7 Å². The molecule has 2 N–H and O–H groups in total. The Labute approximate surface area is 109 Å². The van der Waals surface area contributed by atoms with Gasteiger partial charge in [-0.2, -0.15) is 5.10 Å². The minimum Gasteiger partial charge on any atom is -0.314 e. The second-order valence-electron chi connectivity index (χ2n) is 4.45. The van der Waals surface area contributed by atoms with E-state index in [-0.39, 0.29) is 24.1 Å². The molecule has 1 aromatic heterocycles. The normalized spacial score (nSPS) is 23.9. The maximum Gasteiger partial charge on any atom is 0.127 e. The molecule has 0 amide bonds. The quantitative estimate of drug-likeness (QED) is 0.838. The van der Waals surface area contributed by atoms with Gasteiger partial charge >= 0.3 is 0 Å². The van der Waals surface area contributed by atoms with Gasteiger partial charge in [0.1, 0.15) is 12.0 Å². The summed E-state index contributed by atoms with van der Waals surface area (Å²) in [5, 5.41) is 10.3. The Balaban J connectivity index is 0.00000120. The molecule has 1 aliphatic heterocycles. The van der Waals surface area contributed by atoms with Crippen LogP contribution in [-0.2, 0) is 0 Å². The summed E-state index contributed by atoms with van der Waals surface area (Å²) >= 11 is 0. The van der Waals surface area contributed by atoms with Gasteiger partial charge in [-0.05, 0) is 30.7 Å². The van der Waals surface area contributed by atoms with Crippen LogP contribution in [0.15, 0.2) is 18.3 Å². The van der Waals surface area contributed by atoms with Crippen molar-refractivity contribution in [2.24, 2.45) is 0 Å². The Bertz CT molecular complexity index is 543. The molecule has 0 saturated carbocycles. The van der Waals surface area contributed by atoms with Crippen molar-refractivity contribution in [2.45, 2.75) is 18.5 Å². The van der Waals surface area contributed by atoms with Crippen molar-refractivity contribution in [1.82, 2.24) is 15.5 Å². The molecule has 2 unspecified atom stereocenters. The highest BCUT2D eigenvalue weighted by Crippen LogP contribution is 2.31. The van der Waals surface area contributed by atoms with E-state index in [1.807, 2.05) is 0 Å². The summed E-state index contributed by atoms with van der Waals surface area (Å²) in [5.74, 6) is -0.697. The van der Waals surface area contributed by atoms with E-state index in [0.717, 1.165) is 17.4 Å². The second kappa shape index (κ2) is 5.20. The summed E-state index contributed by atoms with van der Waals surface area (Å²) in [6, 6.07) is 3.10. The van der Waals surface area contributed by atoms with Gasteiger partial charge in [-0.3, -0.25) is 5.10 Å². The molecule has 0 radical (unpaired) electrons. The van der Waals surface area contributed by atoms with Gasteiger partial charge in [0.25, 0.3) is 0 Å². The number of rotatable bonds is 1. The number of aromatic amines is 1. The van der Waals surface area contributed by atoms with Crippen molar-refractivity contribution in [1.29, 1.82) is 0 Å². The fraction of sp³-hybridized carbons (Fsp3) is 0.417. The van der Waals surface area contributed by atoms with Crippen molar-refractivity contribution in [2.75, 3.05) is 13.1 Å². The van der Waals surface area contributed by atoms with Crippen molar-refractivity contribution in [3.8, 4) is 0 Å². The molecule has 2 aromatic rings. The van der Waals surface area contributed by atoms with Crippen molar-refractivity contribution >= 4 is 23.3 Å². The maximum absolute atomic E-state index is 13.9. The molecule has 98 valence electrons. The Morgan fingerprint density at radius 2 is 2.17 bits per heavy atom. The minimum absolute atomic E-state index is 0. The summed E-state index contributed by atoms with van der Waals surface area (Å²) in [6.07, 6.45) is 1.16. The van der Waals surface area contributed by atoms with Crippen molar-refractivity contribution in [3.05, 3.63) is 29.7 Å². The monoisotopic (exact) mass is 273 g/mol. The first-order chi connectivity index (χ1) is 8.25. The highest BCUT2D eigenvalue weighted by molar-refractivity contribution is 5.85. The van der Waals surface area contributed by atoms with Crippen LogP contribution in [0, 0.1) is 5.82 Å². The smallest absolute Gasteiger partial charge is 0.127 e. The molecule has 3 rings (SSSR count). The molecule has 1 aliphatic rings. The lowest BCUT2D eigenvalue weighted by atomic mass is 9.88. The molecule has 0 spiro atoms. The standard InChI is InChI=1S/C12H13F2N3.ClH/c13-10-3-7-5-16-17-12(7)4-9(10)8-1-2-15-6-11(8)14;/h3-5,8,11,15H,1-2,6H2,(H,16,17);1H. The van der Waals surface area contributed by atoms with E-state index in [0.29, 0.717) is 18.5 Å². The van der Waals surface area contributed by atoms with Gasteiger partial charge in [0.2, 0.25) is 0 Å². The highest BCUT2D eigenvalue weighted by atomic mass is 35.5. The lowest BCUT2D eigenvalue weighted by Gasteiger charge is -2.27. The number of piperidine rings is 1. The fourth-order valence-electron chi connectivity index (χ4n) is 2.44. The lowest BCUT2D eigenvalue weighted by molar-refractivity contribution is 0.228. The van der Waals surface area contributed by atoms with Crippen LogP contribution in [0.4, 0.5) is 8.78 Å². The molecule has 2 heterocycles. The van der Waals surface area contributed by atoms with Crippen LogP contribution >= 0.6 is 12.4 Å². The third-order valence-corrected chi connectivity index (χ3v) is 3.37. The molecule has 18 heavy (non-hydrogen) atoms. The number of fused-ring (bicyclic) bond motifs is 1. The SMILES string of the molecule is Cl.Fc1cc2cn[nH]c2cc1C1CCNCC1F. The number of hydrogen-bond donors (Lipinski definition) is 2. The average molecular weight is 274 g/mol. The van der Waals surface area contributed by atoms with E-state index >= 15 is 0 Å². The van der Waals surface area contributed by atoms with Crippen molar-refractivity contribution in [3.63, 3.8) is 0 Å². The van der Waals surface area contributed by atoms with Crippen LogP contribution < -0.4 is 5.32 Å².